The number of benzene rings is 2. The highest BCUT2D eigenvalue weighted by Crippen LogP contribution is 2.28. The van der Waals surface area contributed by atoms with Crippen molar-refractivity contribution in [1.82, 2.24) is 15.1 Å². The second-order valence-electron chi connectivity index (χ2n) is 7.42. The second kappa shape index (κ2) is 10.8. The molecule has 4 aromatic rings. The number of nitrogens with one attached hydrogen (secondary N) is 2. The highest BCUT2D eigenvalue weighted by Gasteiger charge is 2.15. The van der Waals surface area contributed by atoms with Crippen LogP contribution in [0.2, 0.25) is 0 Å². The number of nitrogens with zero attached hydrogens (tertiary/aromatic N) is 2. The van der Waals surface area contributed by atoms with Gasteiger partial charge in [-0.05, 0) is 35.2 Å². The molecule has 2 amide bonds. The highest BCUT2D eigenvalue weighted by atomic mass is 32.1. The molecule has 2 aromatic carbocycles. The summed E-state index contributed by atoms with van der Waals surface area (Å²) in [5.74, 6) is -5.94. The van der Waals surface area contributed by atoms with Crippen LogP contribution in [0.1, 0.15) is 11.1 Å². The summed E-state index contributed by atoms with van der Waals surface area (Å²) in [5, 5.41) is 11.0. The molecule has 178 valence electrons. The maximum atomic E-state index is 13.7. The predicted molar refractivity (Wildman–Crippen MR) is 128 cm³/mol. The quantitative estimate of drug-likeness (QED) is 0.271. The Morgan fingerprint density at radius 1 is 1.00 bits per heavy atom. The fourth-order valence-corrected chi connectivity index (χ4v) is 3.95. The van der Waals surface area contributed by atoms with E-state index in [-0.39, 0.29) is 0 Å². The van der Waals surface area contributed by atoms with Crippen LogP contribution in [-0.4, -0.2) is 28.1 Å². The predicted octanol–water partition coefficient (Wildman–Crippen LogP) is 4.85. The van der Waals surface area contributed by atoms with E-state index in [0.717, 1.165) is 16.5 Å². The molecular weight excluding hydrogens is 477 g/mol. The standard InChI is InChI=1S/C25H19F3N4O2S/c26-18-9-10-19(24(28)23(18)27)30-22(34)13-29-21(33)11-8-17-15-32(14-16-5-2-1-3-6-16)31-25(17)20-7-4-12-35-20/h1-12,15H,13-14H2,(H,29,33)(H,30,34)/b11-8+. The third-order valence-corrected chi connectivity index (χ3v) is 5.76. The number of hydrogen-bond donors (Lipinski definition) is 2. The maximum absolute atomic E-state index is 13.7. The molecule has 0 aliphatic rings. The summed E-state index contributed by atoms with van der Waals surface area (Å²) in [5.41, 5.74) is 1.98. The van der Waals surface area contributed by atoms with Crippen molar-refractivity contribution in [1.29, 1.82) is 0 Å². The molecule has 35 heavy (non-hydrogen) atoms. The molecule has 0 spiro atoms. The molecule has 4 rings (SSSR count). The molecule has 2 heterocycles. The van der Waals surface area contributed by atoms with Crippen molar-refractivity contribution in [3.63, 3.8) is 0 Å². The molecule has 0 saturated heterocycles. The third kappa shape index (κ3) is 6.04. The summed E-state index contributed by atoms with van der Waals surface area (Å²) in [6.07, 6.45) is 4.67. The smallest absolute Gasteiger partial charge is 0.244 e. The molecule has 0 aliphatic heterocycles. The van der Waals surface area contributed by atoms with Gasteiger partial charge >= 0.3 is 0 Å². The Bertz CT molecular complexity index is 1370. The van der Waals surface area contributed by atoms with Gasteiger partial charge in [-0.3, -0.25) is 14.3 Å². The van der Waals surface area contributed by atoms with E-state index in [1.165, 1.54) is 17.4 Å². The van der Waals surface area contributed by atoms with Crippen molar-refractivity contribution in [3.05, 3.63) is 101 Å². The normalized spacial score (nSPS) is 11.1. The minimum atomic E-state index is -1.69. The number of carbonyl (C=O) groups is 2. The van der Waals surface area contributed by atoms with Gasteiger partial charge in [0.15, 0.2) is 17.5 Å². The zero-order chi connectivity index (χ0) is 24.8. The van der Waals surface area contributed by atoms with Crippen LogP contribution < -0.4 is 10.6 Å². The SMILES string of the molecule is O=C(/C=C/c1cn(Cc2ccccc2)nc1-c1cccs1)NCC(=O)Nc1ccc(F)c(F)c1F. The number of halogens is 3. The fourth-order valence-electron chi connectivity index (χ4n) is 3.22. The highest BCUT2D eigenvalue weighted by molar-refractivity contribution is 7.13. The molecule has 2 N–H and O–H groups in total. The topological polar surface area (TPSA) is 76.0 Å². The first-order valence-corrected chi connectivity index (χ1v) is 11.3. The molecule has 0 atom stereocenters. The van der Waals surface area contributed by atoms with Crippen LogP contribution >= 0.6 is 11.3 Å². The van der Waals surface area contributed by atoms with E-state index in [2.05, 4.69) is 15.7 Å². The number of anilines is 1. The van der Waals surface area contributed by atoms with E-state index >= 15 is 0 Å². The number of hydrogen-bond acceptors (Lipinski definition) is 4. The van der Waals surface area contributed by atoms with Crippen molar-refractivity contribution < 1.29 is 22.8 Å². The molecule has 0 bridgehead atoms. The summed E-state index contributed by atoms with van der Waals surface area (Å²) in [6.45, 7) is 0.0621. The van der Waals surface area contributed by atoms with Crippen LogP contribution in [0.15, 0.2) is 72.3 Å². The van der Waals surface area contributed by atoms with Gasteiger partial charge in [0.1, 0.15) is 5.69 Å². The zero-order valence-electron chi connectivity index (χ0n) is 18.2. The molecule has 10 heteroatoms. The number of rotatable bonds is 8. The van der Waals surface area contributed by atoms with Crippen molar-refractivity contribution in [3.8, 4) is 10.6 Å². The minimum absolute atomic E-state index is 0.493. The Balaban J connectivity index is 1.41. The van der Waals surface area contributed by atoms with Crippen molar-refractivity contribution >= 4 is 34.9 Å². The Morgan fingerprint density at radius 2 is 1.80 bits per heavy atom. The maximum Gasteiger partial charge on any atom is 0.244 e. The Hall–Kier alpha value is -4.18. The van der Waals surface area contributed by atoms with Gasteiger partial charge in [0, 0.05) is 17.8 Å². The largest absolute Gasteiger partial charge is 0.343 e. The number of carbonyl (C=O) groups excluding carboxylic acids is 2. The number of aromatic nitrogens is 2. The second-order valence-corrected chi connectivity index (χ2v) is 8.36. The van der Waals surface area contributed by atoms with Crippen LogP contribution in [0.25, 0.3) is 16.6 Å². The molecule has 0 aliphatic carbocycles. The van der Waals surface area contributed by atoms with E-state index in [4.69, 9.17) is 0 Å². The van der Waals surface area contributed by atoms with Gasteiger partial charge in [0.05, 0.1) is 23.7 Å². The van der Waals surface area contributed by atoms with Crippen molar-refractivity contribution in [2.75, 3.05) is 11.9 Å². The average Bonchev–Trinajstić information content (AvgIpc) is 3.52. The monoisotopic (exact) mass is 496 g/mol. The lowest BCUT2D eigenvalue weighted by atomic mass is 10.2. The van der Waals surface area contributed by atoms with Crippen LogP contribution in [0, 0.1) is 17.5 Å². The minimum Gasteiger partial charge on any atom is -0.343 e. The summed E-state index contributed by atoms with van der Waals surface area (Å²) in [4.78, 5) is 25.2. The van der Waals surface area contributed by atoms with Gasteiger partial charge in [0.25, 0.3) is 0 Å². The lowest BCUT2D eigenvalue weighted by molar-refractivity contribution is -0.121. The average molecular weight is 497 g/mol. The van der Waals surface area contributed by atoms with Gasteiger partial charge in [-0.15, -0.1) is 11.3 Å². The van der Waals surface area contributed by atoms with Gasteiger partial charge in [-0.1, -0.05) is 36.4 Å². The summed E-state index contributed by atoms with van der Waals surface area (Å²) in [6, 6.07) is 15.2. The molecule has 2 aromatic heterocycles. The van der Waals surface area contributed by atoms with Crippen LogP contribution in [0.4, 0.5) is 18.9 Å². The Morgan fingerprint density at radius 3 is 2.54 bits per heavy atom. The molecule has 0 radical (unpaired) electrons. The van der Waals surface area contributed by atoms with Gasteiger partial charge in [-0.25, -0.2) is 13.2 Å². The molecular formula is C25H19F3N4O2S. The fraction of sp³-hybridized carbons (Fsp3) is 0.0800. The van der Waals surface area contributed by atoms with E-state index in [1.54, 1.807) is 10.8 Å². The van der Waals surface area contributed by atoms with Gasteiger partial charge in [0.2, 0.25) is 11.8 Å². The van der Waals surface area contributed by atoms with Gasteiger partial charge in [-0.2, -0.15) is 5.10 Å². The number of thiophene rings is 1. The first-order chi connectivity index (χ1) is 16.9. The number of amides is 2. The van der Waals surface area contributed by atoms with Crippen LogP contribution in [0.3, 0.4) is 0 Å². The summed E-state index contributed by atoms with van der Waals surface area (Å²) >= 11 is 1.52. The third-order valence-electron chi connectivity index (χ3n) is 4.88. The molecule has 0 fully saturated rings. The lowest BCUT2D eigenvalue weighted by Gasteiger charge is -2.07. The van der Waals surface area contributed by atoms with Crippen molar-refractivity contribution in [2.24, 2.45) is 0 Å². The van der Waals surface area contributed by atoms with E-state index in [0.29, 0.717) is 23.9 Å². The van der Waals surface area contributed by atoms with Crippen LogP contribution in [-0.2, 0) is 16.1 Å². The van der Waals surface area contributed by atoms with Crippen molar-refractivity contribution in [2.45, 2.75) is 6.54 Å². The Kier molecular flexibility index (Phi) is 7.41. The lowest BCUT2D eigenvalue weighted by Crippen LogP contribution is -2.32. The molecule has 6 nitrogen and oxygen atoms in total. The summed E-state index contributed by atoms with van der Waals surface area (Å²) < 4.78 is 41.8. The molecule has 0 unspecified atom stereocenters. The van der Waals surface area contributed by atoms with Gasteiger partial charge < -0.3 is 10.6 Å². The van der Waals surface area contributed by atoms with E-state index in [1.807, 2.05) is 54.0 Å². The zero-order valence-corrected chi connectivity index (χ0v) is 19.0. The Labute approximate surface area is 202 Å². The first kappa shape index (κ1) is 24.0. The van der Waals surface area contributed by atoms with E-state index < -0.39 is 41.5 Å². The summed E-state index contributed by atoms with van der Waals surface area (Å²) in [7, 11) is 0. The first-order valence-electron chi connectivity index (χ1n) is 10.4. The molecule has 0 saturated carbocycles. The van der Waals surface area contributed by atoms with Crippen LogP contribution in [0.5, 0.6) is 0 Å². The van der Waals surface area contributed by atoms with E-state index in [9.17, 15) is 22.8 Å².